The summed E-state index contributed by atoms with van der Waals surface area (Å²) < 4.78 is 1.85. The maximum Gasteiger partial charge on any atom is 0.133 e. The highest BCUT2D eigenvalue weighted by Crippen LogP contribution is 2.26. The van der Waals surface area contributed by atoms with E-state index >= 15 is 0 Å². The van der Waals surface area contributed by atoms with Gasteiger partial charge in [-0.2, -0.15) is 5.10 Å². The minimum atomic E-state index is 0.384. The molecule has 0 fully saturated rings. The molecular weight excluding hydrogens is 244 g/mol. The van der Waals surface area contributed by atoms with Crippen LogP contribution in [0.1, 0.15) is 42.1 Å². The van der Waals surface area contributed by atoms with Crippen molar-refractivity contribution in [3.63, 3.8) is 0 Å². The zero-order valence-electron chi connectivity index (χ0n) is 11.6. The lowest BCUT2D eigenvalue weighted by Gasteiger charge is -2.12. The number of benzene rings is 1. The molecule has 0 N–H and O–H groups in total. The van der Waals surface area contributed by atoms with E-state index in [1.165, 1.54) is 16.7 Å². The molecule has 0 aliphatic rings. The SMILES string of the molecule is Cc1cc(C)c(-n2nc(C(C)C)cc2Cl)c(C)c1. The minimum absolute atomic E-state index is 0.384. The number of rotatable bonds is 2. The zero-order chi connectivity index (χ0) is 13.4. The molecule has 0 aliphatic carbocycles. The molecule has 2 aromatic rings. The smallest absolute Gasteiger partial charge is 0.133 e. The van der Waals surface area contributed by atoms with Gasteiger partial charge in [0.1, 0.15) is 5.15 Å². The van der Waals surface area contributed by atoms with E-state index in [2.05, 4.69) is 51.9 Å². The van der Waals surface area contributed by atoms with Gasteiger partial charge in [0.2, 0.25) is 0 Å². The molecule has 0 radical (unpaired) electrons. The topological polar surface area (TPSA) is 17.8 Å². The Morgan fingerprint density at radius 3 is 2.06 bits per heavy atom. The maximum atomic E-state index is 6.31. The number of hydrogen-bond donors (Lipinski definition) is 0. The van der Waals surface area contributed by atoms with Gasteiger partial charge < -0.3 is 0 Å². The van der Waals surface area contributed by atoms with E-state index in [4.69, 9.17) is 11.6 Å². The first-order chi connectivity index (χ1) is 8.40. The van der Waals surface area contributed by atoms with Crippen molar-refractivity contribution >= 4 is 11.6 Å². The molecule has 1 aromatic heterocycles. The summed E-state index contributed by atoms with van der Waals surface area (Å²) >= 11 is 6.31. The first-order valence-electron chi connectivity index (χ1n) is 6.24. The van der Waals surface area contributed by atoms with Gasteiger partial charge in [0.25, 0.3) is 0 Å². The van der Waals surface area contributed by atoms with Gasteiger partial charge in [-0.05, 0) is 43.9 Å². The van der Waals surface area contributed by atoms with E-state index in [9.17, 15) is 0 Å². The average molecular weight is 263 g/mol. The molecule has 0 atom stereocenters. The molecule has 96 valence electrons. The van der Waals surface area contributed by atoms with Crippen LogP contribution < -0.4 is 0 Å². The summed E-state index contributed by atoms with van der Waals surface area (Å²) in [4.78, 5) is 0. The third-order valence-electron chi connectivity index (χ3n) is 3.12. The Morgan fingerprint density at radius 2 is 1.61 bits per heavy atom. The van der Waals surface area contributed by atoms with Crippen LogP contribution in [0.25, 0.3) is 5.69 Å². The summed E-state index contributed by atoms with van der Waals surface area (Å²) in [5.74, 6) is 0.384. The fourth-order valence-corrected chi connectivity index (χ4v) is 2.55. The van der Waals surface area contributed by atoms with Crippen LogP contribution in [-0.4, -0.2) is 9.78 Å². The molecule has 0 aliphatic heterocycles. The maximum absolute atomic E-state index is 6.31. The van der Waals surface area contributed by atoms with Crippen LogP contribution >= 0.6 is 11.6 Å². The van der Waals surface area contributed by atoms with Crippen molar-refractivity contribution in [2.45, 2.75) is 40.5 Å². The van der Waals surface area contributed by atoms with Crippen LogP contribution in [0.4, 0.5) is 0 Å². The van der Waals surface area contributed by atoms with E-state index in [1.807, 2.05) is 10.7 Å². The van der Waals surface area contributed by atoms with Gasteiger partial charge >= 0.3 is 0 Å². The second-order valence-corrected chi connectivity index (χ2v) is 5.59. The Bertz CT molecular complexity index is 559. The van der Waals surface area contributed by atoms with Crippen molar-refractivity contribution in [1.29, 1.82) is 0 Å². The molecule has 1 aromatic carbocycles. The van der Waals surface area contributed by atoms with Crippen molar-refractivity contribution < 1.29 is 0 Å². The van der Waals surface area contributed by atoms with Crippen LogP contribution in [0.2, 0.25) is 5.15 Å². The fraction of sp³-hybridized carbons (Fsp3) is 0.400. The van der Waals surface area contributed by atoms with E-state index < -0.39 is 0 Å². The summed E-state index contributed by atoms with van der Waals surface area (Å²) in [7, 11) is 0. The summed E-state index contributed by atoms with van der Waals surface area (Å²) in [5.41, 5.74) is 5.79. The van der Waals surface area contributed by atoms with E-state index in [0.717, 1.165) is 11.4 Å². The predicted molar refractivity (Wildman–Crippen MR) is 76.9 cm³/mol. The second-order valence-electron chi connectivity index (χ2n) is 5.21. The van der Waals surface area contributed by atoms with Gasteiger partial charge in [0.05, 0.1) is 11.4 Å². The third kappa shape index (κ3) is 2.30. The lowest BCUT2D eigenvalue weighted by molar-refractivity contribution is 0.764. The summed E-state index contributed by atoms with van der Waals surface area (Å²) in [6.07, 6.45) is 0. The molecule has 3 heteroatoms. The van der Waals surface area contributed by atoms with Crippen molar-refractivity contribution in [3.05, 3.63) is 45.7 Å². The molecule has 0 saturated heterocycles. The van der Waals surface area contributed by atoms with E-state index in [1.54, 1.807) is 0 Å². The monoisotopic (exact) mass is 262 g/mol. The number of aromatic nitrogens is 2. The fourth-order valence-electron chi connectivity index (χ4n) is 2.32. The van der Waals surface area contributed by atoms with Gasteiger partial charge in [0.15, 0.2) is 0 Å². The third-order valence-corrected chi connectivity index (χ3v) is 3.39. The van der Waals surface area contributed by atoms with Crippen LogP contribution in [0.15, 0.2) is 18.2 Å². The summed E-state index contributed by atoms with van der Waals surface area (Å²) in [5, 5.41) is 5.29. The van der Waals surface area contributed by atoms with Crippen molar-refractivity contribution in [3.8, 4) is 5.69 Å². The summed E-state index contributed by atoms with van der Waals surface area (Å²) in [6.45, 7) is 10.6. The minimum Gasteiger partial charge on any atom is -0.221 e. The van der Waals surface area contributed by atoms with Gasteiger partial charge in [0, 0.05) is 0 Å². The molecule has 2 rings (SSSR count). The van der Waals surface area contributed by atoms with Crippen LogP contribution in [0, 0.1) is 20.8 Å². The Kier molecular flexibility index (Phi) is 3.49. The lowest BCUT2D eigenvalue weighted by Crippen LogP contribution is -2.03. The largest absolute Gasteiger partial charge is 0.221 e. The quantitative estimate of drug-likeness (QED) is 0.775. The molecule has 0 saturated carbocycles. The average Bonchev–Trinajstić information content (AvgIpc) is 2.59. The molecule has 2 nitrogen and oxygen atoms in total. The standard InChI is InChI=1S/C15H19ClN2/c1-9(2)13-8-14(16)18(17-13)15-11(4)6-10(3)7-12(15)5/h6-9H,1-5H3. The molecule has 0 amide bonds. The highest BCUT2D eigenvalue weighted by atomic mass is 35.5. The van der Waals surface area contributed by atoms with Crippen LogP contribution in [0.3, 0.4) is 0 Å². The number of aryl methyl sites for hydroxylation is 3. The molecule has 0 unspecified atom stereocenters. The van der Waals surface area contributed by atoms with E-state index in [-0.39, 0.29) is 0 Å². The van der Waals surface area contributed by atoms with Crippen molar-refractivity contribution in [1.82, 2.24) is 9.78 Å². The first-order valence-corrected chi connectivity index (χ1v) is 6.61. The molecular formula is C15H19ClN2. The van der Waals surface area contributed by atoms with E-state index in [0.29, 0.717) is 11.1 Å². The van der Waals surface area contributed by atoms with Gasteiger partial charge in [-0.3, -0.25) is 0 Å². The van der Waals surface area contributed by atoms with Gasteiger partial charge in [-0.25, -0.2) is 4.68 Å². The highest BCUT2D eigenvalue weighted by molar-refractivity contribution is 6.29. The molecule has 0 bridgehead atoms. The Hall–Kier alpha value is -1.28. The highest BCUT2D eigenvalue weighted by Gasteiger charge is 2.14. The van der Waals surface area contributed by atoms with Crippen molar-refractivity contribution in [2.24, 2.45) is 0 Å². The molecule has 1 heterocycles. The van der Waals surface area contributed by atoms with Gasteiger partial charge in [-0.1, -0.05) is 43.1 Å². The Morgan fingerprint density at radius 1 is 1.06 bits per heavy atom. The molecule has 0 spiro atoms. The Labute approximate surface area is 114 Å². The normalized spacial score (nSPS) is 11.3. The van der Waals surface area contributed by atoms with Crippen LogP contribution in [-0.2, 0) is 0 Å². The predicted octanol–water partition coefficient (Wildman–Crippen LogP) is 4.57. The number of hydrogen-bond acceptors (Lipinski definition) is 1. The summed E-state index contributed by atoms with van der Waals surface area (Å²) in [6, 6.07) is 6.27. The Balaban J connectivity index is 2.62. The zero-order valence-corrected chi connectivity index (χ0v) is 12.3. The lowest BCUT2D eigenvalue weighted by atomic mass is 10.1. The molecule has 18 heavy (non-hydrogen) atoms. The van der Waals surface area contributed by atoms with Crippen molar-refractivity contribution in [2.75, 3.05) is 0 Å². The van der Waals surface area contributed by atoms with Crippen LogP contribution in [0.5, 0.6) is 0 Å². The van der Waals surface area contributed by atoms with Gasteiger partial charge in [-0.15, -0.1) is 0 Å². The number of halogens is 1. The second kappa shape index (κ2) is 4.77. The number of nitrogens with zero attached hydrogens (tertiary/aromatic N) is 2. The first kappa shape index (κ1) is 13.2.